The van der Waals surface area contributed by atoms with Gasteiger partial charge >= 0.3 is 5.97 Å². The Morgan fingerprint density at radius 1 is 0.941 bits per heavy atom. The Morgan fingerprint density at radius 2 is 1.59 bits per heavy atom. The summed E-state index contributed by atoms with van der Waals surface area (Å²) in [7, 11) is 5.89. The lowest BCUT2D eigenvalue weighted by Gasteiger charge is -2.46. The summed E-state index contributed by atoms with van der Waals surface area (Å²) in [4.78, 5) is 38.4. The average molecular weight is 715 g/mol. The van der Waals surface area contributed by atoms with Crippen LogP contribution in [-0.2, 0) is 35.1 Å². The predicted molar refractivity (Wildman–Crippen MR) is 202 cm³/mol. The van der Waals surface area contributed by atoms with E-state index in [0.29, 0.717) is 18.9 Å². The molecule has 1 aromatic carbocycles. The lowest BCUT2D eigenvalue weighted by molar-refractivity contribution is -0.263. The van der Waals surface area contributed by atoms with Crippen molar-refractivity contribution < 1.29 is 28.5 Å². The molecular weight excluding hydrogens is 644 g/mol. The van der Waals surface area contributed by atoms with Gasteiger partial charge in [0.05, 0.1) is 23.9 Å². The third kappa shape index (κ3) is 10.8. The van der Waals surface area contributed by atoms with Gasteiger partial charge in [-0.05, 0) is 86.0 Å². The second-order valence-corrected chi connectivity index (χ2v) is 16.9. The molecule has 10 heteroatoms. The van der Waals surface area contributed by atoms with Gasteiger partial charge in [-0.1, -0.05) is 51.1 Å². The van der Waals surface area contributed by atoms with Gasteiger partial charge in [-0.2, -0.15) is 0 Å². The van der Waals surface area contributed by atoms with Gasteiger partial charge in [0.25, 0.3) is 0 Å². The molecular formula is C41H70N4O6. The molecule has 3 aliphatic rings. The van der Waals surface area contributed by atoms with Crippen molar-refractivity contribution in [2.45, 2.75) is 130 Å². The van der Waals surface area contributed by atoms with Gasteiger partial charge in [-0.15, -0.1) is 0 Å². The van der Waals surface area contributed by atoms with Crippen LogP contribution in [0.15, 0.2) is 30.3 Å². The lowest BCUT2D eigenvalue weighted by atomic mass is 9.74. The number of hydrogen-bond donors (Lipinski definition) is 0. The van der Waals surface area contributed by atoms with Crippen molar-refractivity contribution in [1.82, 2.24) is 19.6 Å². The van der Waals surface area contributed by atoms with E-state index in [1.807, 2.05) is 13.8 Å². The van der Waals surface area contributed by atoms with Crippen LogP contribution in [0.1, 0.15) is 86.6 Å². The van der Waals surface area contributed by atoms with E-state index in [2.05, 4.69) is 91.7 Å². The topological polar surface area (TPSA) is 84.0 Å². The number of cyclic esters (lactones) is 1. The van der Waals surface area contributed by atoms with E-state index >= 15 is 0 Å². The van der Waals surface area contributed by atoms with Crippen molar-refractivity contribution in [2.24, 2.45) is 17.3 Å². The molecule has 0 unspecified atom stereocenters. The molecule has 0 amide bonds. The summed E-state index contributed by atoms with van der Waals surface area (Å²) >= 11 is 0. The van der Waals surface area contributed by atoms with Crippen molar-refractivity contribution in [3.05, 3.63) is 35.9 Å². The molecule has 9 atom stereocenters. The number of rotatable bonds is 10. The highest BCUT2D eigenvalue weighted by Crippen LogP contribution is 2.38. The molecule has 4 rings (SSSR count). The number of hydrogen-bond acceptors (Lipinski definition) is 10. The second-order valence-electron chi connectivity index (χ2n) is 16.9. The number of Topliss-reactive ketones (excluding diaryl/α,β-unsaturated/α-hetero) is 1. The molecule has 0 spiro atoms. The zero-order chi connectivity index (χ0) is 37.5. The molecule has 3 heterocycles. The third-order valence-electron chi connectivity index (χ3n) is 11.8. The summed E-state index contributed by atoms with van der Waals surface area (Å²) in [6.07, 6.45) is 1.76. The minimum atomic E-state index is -1.38. The smallest absolute Gasteiger partial charge is 0.319 e. The van der Waals surface area contributed by atoms with Gasteiger partial charge in [-0.3, -0.25) is 24.3 Å². The summed E-state index contributed by atoms with van der Waals surface area (Å²) in [5, 5.41) is 0. The molecule has 3 fully saturated rings. The average Bonchev–Trinajstić information content (AvgIpc) is 3.09. The van der Waals surface area contributed by atoms with Gasteiger partial charge in [0, 0.05) is 71.3 Å². The highest BCUT2D eigenvalue weighted by atomic mass is 16.7. The normalized spacial score (nSPS) is 35.5. The molecule has 0 aliphatic carbocycles. The highest BCUT2D eigenvalue weighted by molar-refractivity contribution is 6.04. The van der Waals surface area contributed by atoms with Gasteiger partial charge < -0.3 is 23.8 Å². The predicted octanol–water partition coefficient (Wildman–Crippen LogP) is 5.33. The van der Waals surface area contributed by atoms with Gasteiger partial charge in [0.15, 0.2) is 12.1 Å². The maximum atomic E-state index is 14.5. The first-order chi connectivity index (χ1) is 24.1. The molecule has 3 saturated heterocycles. The number of carbonyl (C=O) groups is 2. The summed E-state index contributed by atoms with van der Waals surface area (Å²) < 4.78 is 25.9. The van der Waals surface area contributed by atoms with Crippen LogP contribution in [0, 0.1) is 17.3 Å². The maximum Gasteiger partial charge on any atom is 0.319 e. The van der Waals surface area contributed by atoms with E-state index in [0.717, 1.165) is 65.2 Å². The molecule has 0 N–H and O–H groups in total. The number of ether oxygens (including phenoxy) is 4. The first-order valence-corrected chi connectivity index (χ1v) is 19.6. The largest absolute Gasteiger partial charge is 0.460 e. The number of carbonyl (C=O) groups excluding carboxylic acids is 2. The summed E-state index contributed by atoms with van der Waals surface area (Å²) in [6.45, 7) is 23.3. The van der Waals surface area contributed by atoms with E-state index in [4.69, 9.17) is 18.9 Å². The van der Waals surface area contributed by atoms with E-state index < -0.39 is 41.4 Å². The fraction of sp³-hybridized carbons (Fsp3) is 0.805. The van der Waals surface area contributed by atoms with Crippen LogP contribution >= 0.6 is 0 Å². The van der Waals surface area contributed by atoms with Crippen molar-refractivity contribution >= 4 is 11.8 Å². The minimum Gasteiger partial charge on any atom is -0.460 e. The van der Waals surface area contributed by atoms with Gasteiger partial charge in [-0.25, -0.2) is 0 Å². The molecule has 0 saturated carbocycles. The zero-order valence-corrected chi connectivity index (χ0v) is 33.7. The Balaban J connectivity index is 1.60. The van der Waals surface area contributed by atoms with E-state index in [1.54, 1.807) is 21.0 Å². The van der Waals surface area contributed by atoms with Crippen LogP contribution in [0.4, 0.5) is 0 Å². The maximum absolute atomic E-state index is 14.5. The number of nitrogens with zero attached hydrogens (tertiary/aromatic N) is 4. The number of esters is 1. The Labute approximate surface area is 309 Å². The SMILES string of the molecule is CCCN1C[C@H](C)C[C@@](C)(OC)[C@H](O[C@H]2C[C@@H](N(C)C)C[C@@H](C)O2)[C@@H](C)C(=O)C(C)(C)C(=O)O[C@@H](C)[C@@H]1CN1CCN(Cc2ccccc2)CC1. The van der Waals surface area contributed by atoms with Gasteiger partial charge in [0.1, 0.15) is 11.5 Å². The van der Waals surface area contributed by atoms with E-state index in [-0.39, 0.29) is 23.8 Å². The zero-order valence-electron chi connectivity index (χ0n) is 33.7. The summed E-state index contributed by atoms with van der Waals surface area (Å²) in [5.41, 5.74) is -0.848. The monoisotopic (exact) mass is 715 g/mol. The number of piperazine rings is 1. The molecule has 10 nitrogen and oxygen atoms in total. The van der Waals surface area contributed by atoms with E-state index in [9.17, 15) is 9.59 Å². The minimum absolute atomic E-state index is 0.0175. The van der Waals surface area contributed by atoms with Crippen LogP contribution in [0.3, 0.4) is 0 Å². The standard InChI is InChI=1S/C41H70N4O6/c1-12-18-45-26-29(2)25-41(8,48-11)38(51-36-24-34(42(9)10)23-30(3)49-36)31(4)37(46)40(6,7)39(47)50-32(5)35(45)28-44-21-19-43(20-22-44)27-33-16-14-13-15-17-33/h13-17,29-32,34-36,38H,12,18-28H2,1-11H3/t29-,30-,31+,32+,34+,35+,36+,38-,41-/m1/s1. The summed E-state index contributed by atoms with van der Waals surface area (Å²) in [5.74, 6) is -1.13. The van der Waals surface area contributed by atoms with E-state index in [1.165, 1.54) is 5.56 Å². The van der Waals surface area contributed by atoms with Crippen LogP contribution in [-0.4, -0.2) is 141 Å². The quantitative estimate of drug-likeness (QED) is 0.234. The van der Waals surface area contributed by atoms with Crippen molar-refractivity contribution in [3.8, 4) is 0 Å². The number of methoxy groups -OCH3 is 1. The Kier molecular flexibility index (Phi) is 15.1. The lowest BCUT2D eigenvalue weighted by Crippen LogP contribution is -2.56. The van der Waals surface area contributed by atoms with Crippen molar-refractivity contribution in [3.63, 3.8) is 0 Å². The molecule has 0 bridgehead atoms. The van der Waals surface area contributed by atoms with Crippen LogP contribution in [0.25, 0.3) is 0 Å². The fourth-order valence-corrected chi connectivity index (χ4v) is 8.69. The third-order valence-corrected chi connectivity index (χ3v) is 11.8. The molecule has 1 aromatic rings. The Morgan fingerprint density at radius 3 is 2.20 bits per heavy atom. The van der Waals surface area contributed by atoms with Gasteiger partial charge in [0.2, 0.25) is 0 Å². The molecule has 0 aromatic heterocycles. The molecule has 51 heavy (non-hydrogen) atoms. The van der Waals surface area contributed by atoms with Crippen LogP contribution in [0.5, 0.6) is 0 Å². The fourth-order valence-electron chi connectivity index (χ4n) is 8.69. The van der Waals surface area contributed by atoms with Crippen molar-refractivity contribution in [2.75, 3.05) is 67.0 Å². The molecule has 290 valence electrons. The number of ketones is 1. The Bertz CT molecular complexity index is 1240. The highest BCUT2D eigenvalue weighted by Gasteiger charge is 2.51. The number of benzene rings is 1. The summed E-state index contributed by atoms with van der Waals surface area (Å²) in [6, 6.07) is 10.9. The molecule has 3 aliphatic heterocycles. The first-order valence-electron chi connectivity index (χ1n) is 19.6. The first kappa shape index (κ1) is 41.8. The molecule has 0 radical (unpaired) electrons. The second kappa shape index (κ2) is 18.4. The van der Waals surface area contributed by atoms with Crippen LogP contribution < -0.4 is 0 Å². The Hall–Kier alpha value is -1.92. The van der Waals surface area contributed by atoms with Crippen molar-refractivity contribution in [1.29, 1.82) is 0 Å². The van der Waals surface area contributed by atoms with Crippen LogP contribution in [0.2, 0.25) is 0 Å².